The predicted molar refractivity (Wildman–Crippen MR) is 133 cm³/mol. The number of aromatic nitrogens is 5. The van der Waals surface area contributed by atoms with Crippen molar-refractivity contribution in [1.82, 2.24) is 24.7 Å². The number of nitrogens with one attached hydrogen (secondary N) is 2. The molecule has 0 saturated heterocycles. The van der Waals surface area contributed by atoms with Crippen LogP contribution < -0.4 is 16.4 Å². The number of rotatable bonds is 6. The number of pyridine rings is 1. The molecule has 0 amide bonds. The lowest BCUT2D eigenvalue weighted by Gasteiger charge is -2.31. The molecule has 1 unspecified atom stereocenters. The van der Waals surface area contributed by atoms with Gasteiger partial charge in [-0.25, -0.2) is 22.7 Å². The molecule has 15 heteroatoms. The smallest absolute Gasteiger partial charge is 0.380 e. The van der Waals surface area contributed by atoms with Crippen LogP contribution in [-0.2, 0) is 12.7 Å². The highest BCUT2D eigenvalue weighted by Crippen LogP contribution is 2.34. The first-order valence-corrected chi connectivity index (χ1v) is 12.5. The number of halogens is 7. The van der Waals surface area contributed by atoms with E-state index in [1.165, 1.54) is 22.9 Å². The molecule has 3 aromatic heterocycles. The van der Waals surface area contributed by atoms with Crippen LogP contribution in [0.15, 0.2) is 46.5 Å². The lowest BCUT2D eigenvalue weighted by molar-refractivity contribution is -0.138. The summed E-state index contributed by atoms with van der Waals surface area (Å²) in [4.78, 5) is 32.2. The van der Waals surface area contributed by atoms with E-state index in [4.69, 9.17) is 0 Å². The van der Waals surface area contributed by atoms with Crippen molar-refractivity contribution in [3.05, 3.63) is 80.5 Å². The van der Waals surface area contributed by atoms with Gasteiger partial charge in [0.25, 0.3) is 17.5 Å². The van der Waals surface area contributed by atoms with Gasteiger partial charge >= 0.3 is 6.18 Å². The molecule has 1 saturated carbocycles. The van der Waals surface area contributed by atoms with Crippen molar-refractivity contribution in [2.24, 2.45) is 5.92 Å². The van der Waals surface area contributed by atoms with E-state index in [-0.39, 0.29) is 29.1 Å². The summed E-state index contributed by atoms with van der Waals surface area (Å²) < 4.78 is 97.1. The van der Waals surface area contributed by atoms with Crippen molar-refractivity contribution in [3.63, 3.8) is 0 Å². The van der Waals surface area contributed by atoms with Crippen molar-refractivity contribution in [3.8, 4) is 11.3 Å². The first-order valence-electron chi connectivity index (χ1n) is 12.5. The lowest BCUT2D eigenvalue weighted by Crippen LogP contribution is -2.33. The Bertz CT molecular complexity index is 1700. The van der Waals surface area contributed by atoms with Crippen molar-refractivity contribution in [1.29, 1.82) is 0 Å². The highest BCUT2D eigenvalue weighted by atomic mass is 19.4. The van der Waals surface area contributed by atoms with Crippen molar-refractivity contribution >= 4 is 16.5 Å². The number of hydrogen-bond donors (Lipinski definition) is 2. The highest BCUT2D eigenvalue weighted by molar-refractivity contribution is 5.87. The van der Waals surface area contributed by atoms with Crippen molar-refractivity contribution in [2.75, 3.05) is 5.32 Å². The maximum atomic E-state index is 15.1. The second-order valence-electron chi connectivity index (χ2n) is 9.78. The number of nitrogens with zero attached hydrogens (tertiary/aromatic N) is 4. The van der Waals surface area contributed by atoms with Gasteiger partial charge in [-0.2, -0.15) is 18.3 Å². The van der Waals surface area contributed by atoms with Gasteiger partial charge in [-0.05, 0) is 42.7 Å². The van der Waals surface area contributed by atoms with Crippen molar-refractivity contribution < 1.29 is 30.7 Å². The summed E-state index contributed by atoms with van der Waals surface area (Å²) in [7, 11) is 0. The molecule has 1 aliphatic carbocycles. The third kappa shape index (κ3) is 5.65. The molecule has 5 rings (SSSR count). The third-order valence-electron chi connectivity index (χ3n) is 7.05. The zero-order valence-corrected chi connectivity index (χ0v) is 21.0. The zero-order chi connectivity index (χ0) is 29.5. The monoisotopic (exact) mass is 582 g/mol. The van der Waals surface area contributed by atoms with Gasteiger partial charge in [-0.15, -0.1) is 0 Å². The van der Waals surface area contributed by atoms with Crippen LogP contribution in [0, 0.1) is 17.6 Å². The number of aromatic amines is 1. The van der Waals surface area contributed by atoms with Gasteiger partial charge in [0.2, 0.25) is 0 Å². The van der Waals surface area contributed by atoms with Crippen LogP contribution in [0.1, 0.15) is 43.4 Å². The fraction of sp³-hybridized carbons (Fsp3) is 0.346. The van der Waals surface area contributed by atoms with Gasteiger partial charge in [-0.1, -0.05) is 6.42 Å². The van der Waals surface area contributed by atoms with E-state index in [0.29, 0.717) is 25.7 Å². The number of alkyl halides is 5. The van der Waals surface area contributed by atoms with E-state index in [1.54, 1.807) is 5.10 Å². The molecule has 2 N–H and O–H groups in total. The molecule has 216 valence electrons. The number of hydrogen-bond acceptors (Lipinski definition) is 6. The molecule has 0 spiro atoms. The largest absolute Gasteiger partial charge is 0.423 e. The topological polar surface area (TPSA) is 106 Å². The van der Waals surface area contributed by atoms with Crippen LogP contribution >= 0.6 is 0 Å². The maximum absolute atomic E-state index is 15.1. The summed E-state index contributed by atoms with van der Waals surface area (Å²) in [5.41, 5.74) is -5.18. The second-order valence-corrected chi connectivity index (χ2v) is 9.78. The Hall–Kier alpha value is -4.30. The van der Waals surface area contributed by atoms with Crippen LogP contribution in [0.5, 0.6) is 0 Å². The fourth-order valence-corrected chi connectivity index (χ4v) is 5.17. The van der Waals surface area contributed by atoms with E-state index in [1.807, 2.05) is 0 Å². The fourth-order valence-electron chi connectivity index (χ4n) is 5.17. The molecule has 1 aromatic carbocycles. The van der Waals surface area contributed by atoms with Gasteiger partial charge < -0.3 is 9.88 Å². The maximum Gasteiger partial charge on any atom is 0.423 e. The average molecular weight is 582 g/mol. The SMILES string of the molecule is O=c1[nH]ncc(N[C@H]2CCCC(Cn3ccc4cc(-c5cnc(C(F)F)cn5)c(F)c(F)c4c3=O)C2)c1C(F)(F)F. The Kier molecular flexibility index (Phi) is 7.53. The van der Waals surface area contributed by atoms with Crippen molar-refractivity contribution in [2.45, 2.75) is 50.9 Å². The summed E-state index contributed by atoms with van der Waals surface area (Å²) in [5.74, 6) is -3.02. The summed E-state index contributed by atoms with van der Waals surface area (Å²) in [6.45, 7) is 0.0933. The first kappa shape index (κ1) is 28.2. The molecule has 41 heavy (non-hydrogen) atoms. The van der Waals surface area contributed by atoms with Crippen LogP contribution in [0.2, 0.25) is 0 Å². The van der Waals surface area contributed by atoms with E-state index < -0.39 is 63.7 Å². The molecular weight excluding hydrogens is 561 g/mol. The molecule has 0 bridgehead atoms. The Morgan fingerprint density at radius 3 is 2.54 bits per heavy atom. The Labute approximate surface area is 226 Å². The zero-order valence-electron chi connectivity index (χ0n) is 21.0. The number of fused-ring (bicyclic) bond motifs is 1. The standard InChI is InChI=1S/C26H21F7N6O2/c27-21-15(16-8-35-18(9-34-16)23(29)30)7-13-4-5-39(25(41)19(13)22(21)28)11-12-2-1-3-14(6-12)37-17-10-36-38-24(40)20(17)26(31,32)33/h4-5,7-10,12,14,23H,1-3,6,11H2,(H2,37,38,40)/t12?,14-/m0/s1. The summed E-state index contributed by atoms with van der Waals surface area (Å²) in [6.07, 6.45) is -1.75. The minimum absolute atomic E-state index is 0.0598. The van der Waals surface area contributed by atoms with Crippen LogP contribution in [0.4, 0.5) is 36.4 Å². The van der Waals surface area contributed by atoms with Crippen LogP contribution in [0.3, 0.4) is 0 Å². The van der Waals surface area contributed by atoms with Gasteiger partial charge in [0.05, 0.1) is 35.4 Å². The van der Waals surface area contributed by atoms with Gasteiger partial charge in [0, 0.05) is 24.3 Å². The first-order chi connectivity index (χ1) is 19.4. The van der Waals surface area contributed by atoms with Gasteiger partial charge in [0.1, 0.15) is 11.3 Å². The number of H-pyrrole nitrogens is 1. The lowest BCUT2D eigenvalue weighted by atomic mass is 9.85. The molecule has 1 aliphatic rings. The Balaban J connectivity index is 1.38. The summed E-state index contributed by atoms with van der Waals surface area (Å²) in [5, 5.41) is 7.53. The van der Waals surface area contributed by atoms with E-state index >= 15 is 4.39 Å². The summed E-state index contributed by atoms with van der Waals surface area (Å²) >= 11 is 0. The summed E-state index contributed by atoms with van der Waals surface area (Å²) in [6, 6.07) is 2.13. The molecule has 1 fully saturated rings. The number of benzene rings is 1. The van der Waals surface area contributed by atoms with E-state index in [9.17, 15) is 35.9 Å². The highest BCUT2D eigenvalue weighted by Gasteiger charge is 2.38. The molecule has 3 heterocycles. The molecule has 8 nitrogen and oxygen atoms in total. The van der Waals surface area contributed by atoms with E-state index in [2.05, 4.69) is 20.4 Å². The van der Waals surface area contributed by atoms with Gasteiger partial charge in [-0.3, -0.25) is 19.6 Å². The van der Waals surface area contributed by atoms with E-state index in [0.717, 1.165) is 18.6 Å². The molecule has 4 aromatic rings. The number of anilines is 1. The predicted octanol–water partition coefficient (Wildman–Crippen LogP) is 5.45. The molecular formula is C26H21F7N6O2. The van der Waals surface area contributed by atoms with Crippen LogP contribution in [-0.4, -0.2) is 30.8 Å². The third-order valence-corrected chi connectivity index (χ3v) is 7.05. The minimum atomic E-state index is -4.90. The second kappa shape index (κ2) is 10.9. The molecule has 0 radical (unpaired) electrons. The molecule has 2 atom stereocenters. The minimum Gasteiger partial charge on any atom is -0.380 e. The average Bonchev–Trinajstić information content (AvgIpc) is 2.91. The van der Waals surface area contributed by atoms with Gasteiger partial charge in [0.15, 0.2) is 11.6 Å². The Morgan fingerprint density at radius 2 is 1.85 bits per heavy atom. The molecule has 0 aliphatic heterocycles. The van der Waals surface area contributed by atoms with Crippen LogP contribution in [0.25, 0.3) is 22.0 Å². The Morgan fingerprint density at radius 1 is 1.07 bits per heavy atom. The normalized spacial score (nSPS) is 17.8. The quantitative estimate of drug-likeness (QED) is 0.293.